The number of rotatable bonds is 6. The molecule has 55 heavy (non-hydrogen) atoms. The topological polar surface area (TPSA) is 3.24 Å². The van der Waals surface area contributed by atoms with Crippen molar-refractivity contribution in [2.45, 2.75) is 77.0 Å². The van der Waals surface area contributed by atoms with E-state index in [9.17, 15) is 0 Å². The van der Waals surface area contributed by atoms with Crippen LogP contribution < -0.4 is 4.90 Å². The summed E-state index contributed by atoms with van der Waals surface area (Å²) in [6.45, 7) is 11.9. The van der Waals surface area contributed by atoms with Crippen LogP contribution in [0.2, 0.25) is 0 Å². The minimum Gasteiger partial charge on any atom is -0.310 e. The Morgan fingerprint density at radius 1 is 0.545 bits per heavy atom. The largest absolute Gasteiger partial charge is 0.310 e. The molecule has 7 aromatic carbocycles. The molecule has 0 aromatic heterocycles. The van der Waals surface area contributed by atoms with Crippen LogP contribution in [0.1, 0.15) is 88.5 Å². The van der Waals surface area contributed by atoms with Gasteiger partial charge in [0.2, 0.25) is 0 Å². The lowest BCUT2D eigenvalue weighted by Gasteiger charge is -2.34. The molecule has 0 aliphatic heterocycles. The first-order valence-electron chi connectivity index (χ1n) is 20.5. The van der Waals surface area contributed by atoms with Crippen molar-refractivity contribution in [3.8, 4) is 33.4 Å². The molecule has 2 bridgehead atoms. The highest BCUT2D eigenvalue weighted by Gasteiger charge is 2.42. The number of nitrogens with zero attached hydrogens (tertiary/aromatic N) is 1. The molecule has 2 saturated carbocycles. The maximum atomic E-state index is 2.65. The van der Waals surface area contributed by atoms with Crippen LogP contribution in [-0.2, 0) is 10.8 Å². The van der Waals surface area contributed by atoms with Gasteiger partial charge in [0.1, 0.15) is 0 Å². The average Bonchev–Trinajstić information content (AvgIpc) is 3.91. The highest BCUT2D eigenvalue weighted by molar-refractivity contribution is 6.00. The predicted molar refractivity (Wildman–Crippen MR) is 234 cm³/mol. The number of benzene rings is 7. The summed E-state index contributed by atoms with van der Waals surface area (Å²) in [4.78, 5) is 2.65. The molecule has 7 aromatic rings. The van der Waals surface area contributed by atoms with Crippen molar-refractivity contribution < 1.29 is 0 Å². The van der Waals surface area contributed by atoms with Crippen LogP contribution in [0.4, 0.5) is 17.1 Å². The molecule has 0 N–H and O–H groups in total. The third-order valence-corrected chi connectivity index (χ3v) is 13.5. The van der Waals surface area contributed by atoms with Gasteiger partial charge in [0.25, 0.3) is 0 Å². The van der Waals surface area contributed by atoms with Crippen LogP contribution >= 0.6 is 0 Å². The molecular weight excluding hydrogens is 663 g/mol. The van der Waals surface area contributed by atoms with E-state index in [1.54, 1.807) is 0 Å². The molecule has 2 fully saturated rings. The minimum absolute atomic E-state index is 0.0227. The third-order valence-electron chi connectivity index (χ3n) is 13.5. The normalized spacial score (nSPS) is 19.4. The van der Waals surface area contributed by atoms with E-state index >= 15 is 0 Å². The highest BCUT2D eigenvalue weighted by Crippen LogP contribution is 2.58. The van der Waals surface area contributed by atoms with Gasteiger partial charge in [-0.1, -0.05) is 162 Å². The van der Waals surface area contributed by atoms with Gasteiger partial charge in [-0.25, -0.2) is 0 Å². The van der Waals surface area contributed by atoms with Gasteiger partial charge in [0.05, 0.1) is 5.69 Å². The van der Waals surface area contributed by atoms with E-state index in [4.69, 9.17) is 0 Å². The van der Waals surface area contributed by atoms with E-state index in [-0.39, 0.29) is 10.8 Å². The van der Waals surface area contributed by atoms with E-state index in [1.807, 2.05) is 0 Å². The van der Waals surface area contributed by atoms with Gasteiger partial charge in [0, 0.05) is 22.4 Å². The first-order chi connectivity index (χ1) is 26.7. The molecule has 10 rings (SSSR count). The summed E-state index contributed by atoms with van der Waals surface area (Å²) in [5.74, 6) is 2.23. The summed E-state index contributed by atoms with van der Waals surface area (Å²) in [6, 6.07) is 57.6. The summed E-state index contributed by atoms with van der Waals surface area (Å²) in [7, 11) is 0. The zero-order chi connectivity index (χ0) is 37.5. The monoisotopic (exact) mass is 713 g/mol. The molecule has 3 aliphatic carbocycles. The molecule has 3 aliphatic rings. The maximum Gasteiger partial charge on any atom is 0.0546 e. The number of hydrogen-bond donors (Lipinski definition) is 0. The summed E-state index contributed by atoms with van der Waals surface area (Å²) >= 11 is 0. The number of fused-ring (bicyclic) bond motifs is 6. The fourth-order valence-corrected chi connectivity index (χ4v) is 10.8. The van der Waals surface area contributed by atoms with Crippen LogP contribution in [0.25, 0.3) is 44.2 Å². The van der Waals surface area contributed by atoms with Crippen LogP contribution in [0, 0.1) is 11.8 Å². The predicted octanol–water partition coefficient (Wildman–Crippen LogP) is 15.2. The smallest absolute Gasteiger partial charge is 0.0546 e. The second-order valence-corrected chi connectivity index (χ2v) is 18.1. The lowest BCUT2D eigenvalue weighted by Crippen LogP contribution is -2.19. The van der Waals surface area contributed by atoms with Crippen molar-refractivity contribution in [3.05, 3.63) is 174 Å². The standard InChI is InChI=1S/C54H51N/c1-53(2,3)47-23-13-11-20-42(47)46-32-37-18-9-10-19-38(37)33-51(46)55(50-25-14-12-21-43(50)45-31-35-26-27-39(45)30-35)40-28-29-44-49(34-40)54(4,5)48-24-15-22-41(52(44)48)36-16-7-6-8-17-36/h6-25,28-29,32-35,39,45H,26-27,30-31H2,1-5H3. The van der Waals surface area contributed by atoms with Gasteiger partial charge in [-0.3, -0.25) is 0 Å². The Hall–Kier alpha value is -5.40. The molecule has 3 unspecified atom stereocenters. The van der Waals surface area contributed by atoms with E-state index in [0.717, 1.165) is 11.8 Å². The second-order valence-electron chi connectivity index (χ2n) is 18.1. The average molecular weight is 714 g/mol. The van der Waals surface area contributed by atoms with Crippen molar-refractivity contribution in [2.75, 3.05) is 4.90 Å². The zero-order valence-corrected chi connectivity index (χ0v) is 32.9. The molecule has 0 radical (unpaired) electrons. The lowest BCUT2D eigenvalue weighted by atomic mass is 9.80. The van der Waals surface area contributed by atoms with Gasteiger partial charge in [0.15, 0.2) is 0 Å². The Morgan fingerprint density at radius 2 is 1.25 bits per heavy atom. The molecule has 1 heteroatoms. The van der Waals surface area contributed by atoms with E-state index in [0.29, 0.717) is 5.92 Å². The van der Waals surface area contributed by atoms with E-state index < -0.39 is 0 Å². The summed E-state index contributed by atoms with van der Waals surface area (Å²) in [5.41, 5.74) is 17.2. The van der Waals surface area contributed by atoms with Crippen molar-refractivity contribution in [1.29, 1.82) is 0 Å². The van der Waals surface area contributed by atoms with E-state index in [2.05, 4.69) is 191 Å². The van der Waals surface area contributed by atoms with Gasteiger partial charge in [-0.15, -0.1) is 0 Å². The van der Waals surface area contributed by atoms with Crippen molar-refractivity contribution in [2.24, 2.45) is 11.8 Å². The molecular formula is C54H51N. The van der Waals surface area contributed by atoms with Crippen molar-refractivity contribution >= 4 is 27.8 Å². The van der Waals surface area contributed by atoms with Gasteiger partial charge < -0.3 is 4.90 Å². The quantitative estimate of drug-likeness (QED) is 0.166. The van der Waals surface area contributed by atoms with Crippen molar-refractivity contribution in [3.63, 3.8) is 0 Å². The molecule has 0 saturated heterocycles. The summed E-state index contributed by atoms with van der Waals surface area (Å²) in [5, 5.41) is 2.53. The van der Waals surface area contributed by atoms with Crippen LogP contribution in [0.3, 0.4) is 0 Å². The Morgan fingerprint density at radius 3 is 2.02 bits per heavy atom. The molecule has 1 nitrogen and oxygen atoms in total. The number of anilines is 3. The second kappa shape index (κ2) is 12.8. The zero-order valence-electron chi connectivity index (χ0n) is 32.9. The third kappa shape index (κ3) is 5.57. The molecule has 0 amide bonds. The lowest BCUT2D eigenvalue weighted by molar-refractivity contribution is 0.420. The van der Waals surface area contributed by atoms with Crippen LogP contribution in [0.15, 0.2) is 152 Å². The number of para-hydroxylation sites is 1. The summed E-state index contributed by atoms with van der Waals surface area (Å²) in [6.07, 6.45) is 5.45. The Bertz CT molecular complexity index is 2580. The Kier molecular flexibility index (Phi) is 7.97. The van der Waals surface area contributed by atoms with Gasteiger partial charge >= 0.3 is 0 Å². The van der Waals surface area contributed by atoms with E-state index in [1.165, 1.54) is 109 Å². The molecule has 0 spiro atoms. The minimum atomic E-state index is -0.160. The van der Waals surface area contributed by atoms with Gasteiger partial charge in [-0.2, -0.15) is 0 Å². The fourth-order valence-electron chi connectivity index (χ4n) is 10.8. The Labute approximate surface area is 327 Å². The first-order valence-corrected chi connectivity index (χ1v) is 20.5. The molecule has 3 atom stereocenters. The van der Waals surface area contributed by atoms with Crippen molar-refractivity contribution in [1.82, 2.24) is 0 Å². The first kappa shape index (κ1) is 34.1. The van der Waals surface area contributed by atoms with Crippen LogP contribution in [-0.4, -0.2) is 0 Å². The summed E-state index contributed by atoms with van der Waals surface area (Å²) < 4.78 is 0. The van der Waals surface area contributed by atoms with Gasteiger partial charge in [-0.05, 0) is 134 Å². The number of hydrogen-bond acceptors (Lipinski definition) is 1. The Balaban J connectivity index is 1.25. The molecule has 0 heterocycles. The fraction of sp³-hybridized carbons (Fsp3) is 0.259. The maximum absolute atomic E-state index is 2.65. The molecule has 272 valence electrons. The van der Waals surface area contributed by atoms with Crippen LogP contribution in [0.5, 0.6) is 0 Å². The highest BCUT2D eigenvalue weighted by atomic mass is 15.1. The SMILES string of the molecule is CC(C)(C)c1ccccc1-c1cc2ccccc2cc1N(c1ccc2c(c1)C(C)(C)c1cccc(-c3ccccc3)c1-2)c1ccccc1C1CC2CCC1C2.